The van der Waals surface area contributed by atoms with Crippen molar-refractivity contribution in [2.45, 2.75) is 20.8 Å². The van der Waals surface area contributed by atoms with Gasteiger partial charge in [0.15, 0.2) is 6.61 Å². The van der Waals surface area contributed by atoms with Crippen molar-refractivity contribution in [2.75, 3.05) is 13.2 Å². The lowest BCUT2D eigenvalue weighted by atomic mass is 10.1. The van der Waals surface area contributed by atoms with Crippen LogP contribution in [0.4, 0.5) is 0 Å². The maximum absolute atomic E-state index is 12.3. The van der Waals surface area contributed by atoms with Crippen molar-refractivity contribution in [1.82, 2.24) is 10.3 Å². The molecule has 0 atom stereocenters. The van der Waals surface area contributed by atoms with E-state index in [1.165, 1.54) is 11.3 Å². The zero-order chi connectivity index (χ0) is 18.7. The van der Waals surface area contributed by atoms with Crippen LogP contribution in [0.1, 0.15) is 18.9 Å². The Morgan fingerprint density at radius 3 is 2.85 bits per heavy atom. The molecule has 0 spiro atoms. The lowest BCUT2D eigenvalue weighted by Crippen LogP contribution is -2.31. The summed E-state index contributed by atoms with van der Waals surface area (Å²) in [6.45, 7) is 6.45. The molecule has 0 saturated carbocycles. The number of aromatic nitrogens is 1. The molecule has 3 rings (SSSR count). The number of rotatable bonds is 6. The van der Waals surface area contributed by atoms with E-state index in [1.54, 1.807) is 24.3 Å². The molecule has 6 nitrogen and oxygen atoms in total. The van der Waals surface area contributed by atoms with E-state index in [0.717, 1.165) is 10.4 Å². The third kappa shape index (κ3) is 4.29. The summed E-state index contributed by atoms with van der Waals surface area (Å²) in [4.78, 5) is 28.3. The number of thiazole rings is 1. The number of nitrogens with one attached hydrogen (secondary N) is 1. The third-order valence-electron chi connectivity index (χ3n) is 3.68. The molecule has 26 heavy (non-hydrogen) atoms. The molecule has 1 amide bonds. The smallest absolute Gasteiger partial charge is 0.345 e. The van der Waals surface area contributed by atoms with Gasteiger partial charge in [-0.05, 0) is 31.0 Å². The van der Waals surface area contributed by atoms with E-state index >= 15 is 0 Å². The van der Waals surface area contributed by atoms with Crippen molar-refractivity contribution >= 4 is 28.2 Å². The number of fused-ring (bicyclic) bond motifs is 1. The van der Waals surface area contributed by atoms with Crippen molar-refractivity contribution in [2.24, 2.45) is 5.92 Å². The third-order valence-corrected chi connectivity index (χ3v) is 4.45. The van der Waals surface area contributed by atoms with Gasteiger partial charge in [0.25, 0.3) is 5.91 Å². The second-order valence-corrected chi connectivity index (χ2v) is 7.45. The fourth-order valence-corrected chi connectivity index (χ4v) is 2.98. The van der Waals surface area contributed by atoms with Crippen LogP contribution < -0.4 is 15.7 Å². The number of carbonyl (C=O) groups excluding carboxylic acids is 1. The molecular formula is C19H20N2O4S. The largest absolute Gasteiger partial charge is 0.484 e. The molecule has 0 aliphatic carbocycles. The number of carbonyl (C=O) groups is 1. The molecule has 1 N–H and O–H groups in total. The molecule has 2 aromatic heterocycles. The summed E-state index contributed by atoms with van der Waals surface area (Å²) in [7, 11) is 0. The van der Waals surface area contributed by atoms with Crippen molar-refractivity contribution in [3.63, 3.8) is 0 Å². The highest BCUT2D eigenvalue weighted by Crippen LogP contribution is 2.25. The van der Waals surface area contributed by atoms with Gasteiger partial charge in [0.1, 0.15) is 11.3 Å². The SMILES string of the molecule is Cc1nc(-c2cc3ccc(OCC(=O)NCC(C)C)cc3oc2=O)cs1. The predicted octanol–water partition coefficient (Wildman–Crippen LogP) is 3.38. The molecule has 0 fully saturated rings. The number of hydrogen-bond donors (Lipinski definition) is 1. The zero-order valence-corrected chi connectivity index (χ0v) is 15.7. The van der Waals surface area contributed by atoms with Gasteiger partial charge < -0.3 is 14.5 Å². The number of ether oxygens (including phenoxy) is 1. The highest BCUT2D eigenvalue weighted by Gasteiger charge is 2.11. The quantitative estimate of drug-likeness (QED) is 0.671. The van der Waals surface area contributed by atoms with Crippen LogP contribution in [0, 0.1) is 12.8 Å². The molecule has 3 aromatic rings. The summed E-state index contributed by atoms with van der Waals surface area (Å²) in [5.74, 6) is 0.664. The highest BCUT2D eigenvalue weighted by atomic mass is 32.1. The van der Waals surface area contributed by atoms with E-state index in [-0.39, 0.29) is 12.5 Å². The van der Waals surface area contributed by atoms with Crippen LogP contribution in [-0.2, 0) is 4.79 Å². The Labute approximate surface area is 154 Å². The van der Waals surface area contributed by atoms with Gasteiger partial charge in [-0.15, -0.1) is 11.3 Å². The minimum absolute atomic E-state index is 0.0847. The van der Waals surface area contributed by atoms with Gasteiger partial charge in [-0.1, -0.05) is 13.8 Å². The van der Waals surface area contributed by atoms with Gasteiger partial charge >= 0.3 is 5.63 Å². The van der Waals surface area contributed by atoms with Crippen LogP contribution in [0.2, 0.25) is 0 Å². The Hall–Kier alpha value is -2.67. The molecule has 0 aliphatic rings. The van der Waals surface area contributed by atoms with Gasteiger partial charge in [-0.3, -0.25) is 4.79 Å². The Morgan fingerprint density at radius 1 is 1.35 bits per heavy atom. The summed E-state index contributed by atoms with van der Waals surface area (Å²) in [5.41, 5.74) is 1.01. The Bertz CT molecular complexity index is 991. The number of benzene rings is 1. The van der Waals surface area contributed by atoms with Crippen molar-refractivity contribution in [1.29, 1.82) is 0 Å². The van der Waals surface area contributed by atoms with E-state index in [9.17, 15) is 9.59 Å². The van der Waals surface area contributed by atoms with Crippen molar-refractivity contribution in [3.8, 4) is 17.0 Å². The van der Waals surface area contributed by atoms with E-state index in [4.69, 9.17) is 9.15 Å². The predicted molar refractivity (Wildman–Crippen MR) is 102 cm³/mol. The fraction of sp³-hybridized carbons (Fsp3) is 0.316. The number of nitrogens with zero attached hydrogens (tertiary/aromatic N) is 1. The molecule has 136 valence electrons. The number of hydrogen-bond acceptors (Lipinski definition) is 6. The molecule has 7 heteroatoms. The number of aryl methyl sites for hydroxylation is 1. The zero-order valence-electron chi connectivity index (χ0n) is 14.9. The van der Waals surface area contributed by atoms with E-state index in [0.29, 0.717) is 35.1 Å². The molecule has 1 aromatic carbocycles. The first-order valence-corrected chi connectivity index (χ1v) is 9.20. The van der Waals surface area contributed by atoms with E-state index in [2.05, 4.69) is 10.3 Å². The van der Waals surface area contributed by atoms with Gasteiger partial charge in [-0.2, -0.15) is 0 Å². The van der Waals surface area contributed by atoms with Gasteiger partial charge in [0.05, 0.1) is 16.3 Å². The summed E-state index contributed by atoms with van der Waals surface area (Å²) < 4.78 is 10.9. The first kappa shape index (κ1) is 18.1. The highest BCUT2D eigenvalue weighted by molar-refractivity contribution is 7.09. The average molecular weight is 372 g/mol. The first-order valence-electron chi connectivity index (χ1n) is 8.32. The minimum Gasteiger partial charge on any atom is -0.484 e. The molecule has 0 bridgehead atoms. The van der Waals surface area contributed by atoms with Crippen LogP contribution in [0.15, 0.2) is 38.9 Å². The summed E-state index contributed by atoms with van der Waals surface area (Å²) in [6, 6.07) is 6.91. The van der Waals surface area contributed by atoms with E-state index < -0.39 is 5.63 Å². The van der Waals surface area contributed by atoms with Crippen LogP contribution >= 0.6 is 11.3 Å². The second-order valence-electron chi connectivity index (χ2n) is 6.39. The molecule has 0 radical (unpaired) electrons. The van der Waals surface area contributed by atoms with Crippen molar-refractivity contribution in [3.05, 3.63) is 45.1 Å². The molecule has 0 unspecified atom stereocenters. The van der Waals surface area contributed by atoms with Crippen molar-refractivity contribution < 1.29 is 13.9 Å². The molecule has 0 saturated heterocycles. The van der Waals surface area contributed by atoms with Gasteiger partial charge in [0, 0.05) is 23.4 Å². The maximum Gasteiger partial charge on any atom is 0.345 e. The Kier molecular flexibility index (Phi) is 5.37. The molecule has 2 heterocycles. The molecular weight excluding hydrogens is 352 g/mol. The van der Waals surface area contributed by atoms with E-state index in [1.807, 2.05) is 26.2 Å². The lowest BCUT2D eigenvalue weighted by molar-refractivity contribution is -0.123. The summed E-state index contributed by atoms with van der Waals surface area (Å²) in [5, 5.41) is 6.27. The fourth-order valence-electron chi connectivity index (χ4n) is 2.36. The number of amides is 1. The topological polar surface area (TPSA) is 81.4 Å². The summed E-state index contributed by atoms with van der Waals surface area (Å²) in [6.07, 6.45) is 0. The molecule has 0 aliphatic heterocycles. The lowest BCUT2D eigenvalue weighted by Gasteiger charge is -2.09. The van der Waals surface area contributed by atoms with Crippen LogP contribution in [-0.4, -0.2) is 24.0 Å². The monoisotopic (exact) mass is 372 g/mol. The van der Waals surface area contributed by atoms with Crippen LogP contribution in [0.25, 0.3) is 22.2 Å². The average Bonchev–Trinajstić information content (AvgIpc) is 3.03. The standard InChI is InChI=1S/C19H20N2O4S/c1-11(2)8-20-18(22)9-24-14-5-4-13-6-15(16-10-26-12(3)21-16)19(23)25-17(13)7-14/h4-7,10-11H,8-9H2,1-3H3,(H,20,22). The van der Waals surface area contributed by atoms with Gasteiger partial charge in [0.2, 0.25) is 0 Å². The first-order chi connectivity index (χ1) is 12.4. The summed E-state index contributed by atoms with van der Waals surface area (Å²) >= 11 is 1.48. The van der Waals surface area contributed by atoms with Gasteiger partial charge in [-0.25, -0.2) is 9.78 Å². The van der Waals surface area contributed by atoms with Crippen LogP contribution in [0.3, 0.4) is 0 Å². The Balaban J connectivity index is 1.77. The normalized spacial score (nSPS) is 11.1. The second kappa shape index (κ2) is 7.70. The maximum atomic E-state index is 12.3. The van der Waals surface area contributed by atoms with Crippen LogP contribution in [0.5, 0.6) is 5.75 Å². The minimum atomic E-state index is -0.449. The Morgan fingerprint density at radius 2 is 2.15 bits per heavy atom.